The molecule has 3 rings (SSSR count). The van der Waals surface area contributed by atoms with Gasteiger partial charge < -0.3 is 25.3 Å². The van der Waals surface area contributed by atoms with Crippen LogP contribution in [0.2, 0.25) is 0 Å². The van der Waals surface area contributed by atoms with Crippen LogP contribution in [0.25, 0.3) is 0 Å². The first-order valence-corrected chi connectivity index (χ1v) is 7.48. The SMILES string of the molecule is COc1cc([C@H]2CC(=O)Nc3nc(N)[nH]c(=O)c32)cc(OC)c1OC. The minimum atomic E-state index is -0.519. The third-order valence-corrected chi connectivity index (χ3v) is 4.06. The zero-order chi connectivity index (χ0) is 18.1. The molecule has 0 radical (unpaired) electrons. The molecule has 1 atom stereocenters. The lowest BCUT2D eigenvalue weighted by Gasteiger charge is -2.25. The number of amides is 1. The average molecular weight is 346 g/mol. The minimum absolute atomic E-state index is 0.0606. The number of carbonyl (C=O) groups excluding carboxylic acids is 1. The molecule has 2 heterocycles. The number of rotatable bonds is 4. The highest BCUT2D eigenvalue weighted by Gasteiger charge is 2.32. The van der Waals surface area contributed by atoms with Crippen molar-refractivity contribution in [2.45, 2.75) is 12.3 Å². The van der Waals surface area contributed by atoms with Crippen LogP contribution in [0.3, 0.4) is 0 Å². The molecular formula is C16H18N4O5. The highest BCUT2D eigenvalue weighted by molar-refractivity contribution is 5.94. The van der Waals surface area contributed by atoms with E-state index in [-0.39, 0.29) is 24.1 Å². The summed E-state index contributed by atoms with van der Waals surface area (Å²) < 4.78 is 16.0. The second kappa shape index (κ2) is 6.34. The van der Waals surface area contributed by atoms with E-state index in [2.05, 4.69) is 15.3 Å². The number of nitrogens with one attached hydrogen (secondary N) is 2. The molecule has 0 spiro atoms. The van der Waals surface area contributed by atoms with Crippen LogP contribution in [0.15, 0.2) is 16.9 Å². The Hall–Kier alpha value is -3.23. The Morgan fingerprint density at radius 1 is 1.12 bits per heavy atom. The first kappa shape index (κ1) is 16.6. The number of nitrogens with two attached hydrogens (primary N) is 1. The molecule has 0 saturated heterocycles. The van der Waals surface area contributed by atoms with Gasteiger partial charge >= 0.3 is 0 Å². The largest absolute Gasteiger partial charge is 0.493 e. The van der Waals surface area contributed by atoms with Crippen molar-refractivity contribution in [1.29, 1.82) is 0 Å². The van der Waals surface area contributed by atoms with Gasteiger partial charge in [-0.1, -0.05) is 0 Å². The van der Waals surface area contributed by atoms with Gasteiger partial charge in [0.25, 0.3) is 5.56 Å². The fourth-order valence-corrected chi connectivity index (χ4v) is 2.98. The summed E-state index contributed by atoms with van der Waals surface area (Å²) in [5.41, 5.74) is 6.17. The van der Waals surface area contributed by atoms with Crippen LogP contribution in [-0.4, -0.2) is 37.2 Å². The Morgan fingerprint density at radius 2 is 1.76 bits per heavy atom. The smallest absolute Gasteiger partial charge is 0.258 e. The van der Waals surface area contributed by atoms with Crippen LogP contribution < -0.4 is 30.8 Å². The number of benzene rings is 1. The van der Waals surface area contributed by atoms with Crippen LogP contribution in [0, 0.1) is 0 Å². The number of fused-ring (bicyclic) bond motifs is 1. The van der Waals surface area contributed by atoms with Gasteiger partial charge in [0.05, 0.1) is 26.9 Å². The fourth-order valence-electron chi connectivity index (χ4n) is 2.98. The number of ether oxygens (including phenoxy) is 3. The van der Waals surface area contributed by atoms with Gasteiger partial charge in [-0.25, -0.2) is 0 Å². The molecule has 4 N–H and O–H groups in total. The van der Waals surface area contributed by atoms with Crippen LogP contribution in [-0.2, 0) is 4.79 Å². The van der Waals surface area contributed by atoms with Crippen molar-refractivity contribution >= 4 is 17.7 Å². The van der Waals surface area contributed by atoms with Gasteiger partial charge in [0, 0.05) is 12.3 Å². The quantitative estimate of drug-likeness (QED) is 0.748. The Balaban J connectivity index is 2.21. The van der Waals surface area contributed by atoms with Crippen LogP contribution >= 0.6 is 0 Å². The van der Waals surface area contributed by atoms with E-state index in [0.29, 0.717) is 28.4 Å². The molecule has 0 fully saturated rings. The molecule has 9 nitrogen and oxygen atoms in total. The molecule has 1 aromatic carbocycles. The van der Waals surface area contributed by atoms with E-state index in [1.54, 1.807) is 12.1 Å². The van der Waals surface area contributed by atoms with E-state index in [1.165, 1.54) is 21.3 Å². The number of H-pyrrole nitrogens is 1. The molecule has 1 aliphatic rings. The number of methoxy groups -OCH3 is 3. The molecule has 9 heteroatoms. The number of hydrogen-bond donors (Lipinski definition) is 3. The number of anilines is 2. The van der Waals surface area contributed by atoms with E-state index in [4.69, 9.17) is 19.9 Å². The summed E-state index contributed by atoms with van der Waals surface area (Å²) in [6, 6.07) is 3.42. The fraction of sp³-hybridized carbons (Fsp3) is 0.312. The number of aromatic amines is 1. The van der Waals surface area contributed by atoms with Crippen molar-refractivity contribution in [3.63, 3.8) is 0 Å². The number of nitrogen functional groups attached to an aromatic ring is 1. The Bertz CT molecular complexity index is 868. The van der Waals surface area contributed by atoms with E-state index in [9.17, 15) is 9.59 Å². The van der Waals surface area contributed by atoms with Crippen LogP contribution in [0.4, 0.5) is 11.8 Å². The van der Waals surface area contributed by atoms with Crippen LogP contribution in [0.5, 0.6) is 17.2 Å². The molecule has 1 amide bonds. The Morgan fingerprint density at radius 3 is 2.32 bits per heavy atom. The van der Waals surface area contributed by atoms with Gasteiger partial charge in [-0.3, -0.25) is 14.6 Å². The lowest BCUT2D eigenvalue weighted by Crippen LogP contribution is -2.31. The predicted molar refractivity (Wildman–Crippen MR) is 90.5 cm³/mol. The predicted octanol–water partition coefficient (Wildman–Crippen LogP) is 0.852. The first-order valence-electron chi connectivity index (χ1n) is 7.48. The number of hydrogen-bond acceptors (Lipinski definition) is 7. The van der Waals surface area contributed by atoms with Crippen molar-refractivity contribution in [3.05, 3.63) is 33.6 Å². The van der Waals surface area contributed by atoms with E-state index in [1.807, 2.05) is 0 Å². The average Bonchev–Trinajstić information content (AvgIpc) is 2.58. The van der Waals surface area contributed by atoms with Crippen molar-refractivity contribution in [2.75, 3.05) is 32.4 Å². The van der Waals surface area contributed by atoms with E-state index in [0.717, 1.165) is 0 Å². The van der Waals surface area contributed by atoms with Crippen molar-refractivity contribution in [1.82, 2.24) is 9.97 Å². The number of carbonyl (C=O) groups is 1. The molecule has 0 saturated carbocycles. The van der Waals surface area contributed by atoms with Crippen molar-refractivity contribution < 1.29 is 19.0 Å². The highest BCUT2D eigenvalue weighted by atomic mass is 16.5. The Labute approximate surface area is 143 Å². The van der Waals surface area contributed by atoms with Crippen molar-refractivity contribution in [2.24, 2.45) is 0 Å². The third kappa shape index (κ3) is 2.84. The minimum Gasteiger partial charge on any atom is -0.493 e. The summed E-state index contributed by atoms with van der Waals surface area (Å²) in [5, 5.41) is 2.58. The normalized spacial score (nSPS) is 16.0. The van der Waals surface area contributed by atoms with E-state index >= 15 is 0 Å². The summed E-state index contributed by atoms with van der Waals surface area (Å²) in [6.07, 6.45) is 0.0836. The first-order chi connectivity index (χ1) is 12.0. The number of nitrogens with zero attached hydrogens (tertiary/aromatic N) is 1. The zero-order valence-electron chi connectivity index (χ0n) is 14.0. The van der Waals surface area contributed by atoms with Gasteiger partial charge in [0.1, 0.15) is 5.82 Å². The molecule has 2 aromatic rings. The topological polar surface area (TPSA) is 129 Å². The van der Waals surface area contributed by atoms with Gasteiger partial charge in [-0.2, -0.15) is 4.98 Å². The van der Waals surface area contributed by atoms with Gasteiger partial charge in [0.2, 0.25) is 17.6 Å². The second-order valence-corrected chi connectivity index (χ2v) is 5.48. The summed E-state index contributed by atoms with van der Waals surface area (Å²) >= 11 is 0. The van der Waals surface area contributed by atoms with Crippen LogP contribution in [0.1, 0.15) is 23.5 Å². The Kier molecular flexibility index (Phi) is 4.22. The van der Waals surface area contributed by atoms with Gasteiger partial charge in [-0.05, 0) is 17.7 Å². The molecule has 25 heavy (non-hydrogen) atoms. The lowest BCUT2D eigenvalue weighted by atomic mass is 9.86. The monoisotopic (exact) mass is 346 g/mol. The maximum absolute atomic E-state index is 12.4. The van der Waals surface area contributed by atoms with E-state index < -0.39 is 11.5 Å². The molecule has 0 aliphatic carbocycles. The third-order valence-electron chi connectivity index (χ3n) is 4.06. The summed E-state index contributed by atoms with van der Waals surface area (Å²) in [7, 11) is 4.50. The molecule has 132 valence electrons. The van der Waals surface area contributed by atoms with Gasteiger partial charge in [0.15, 0.2) is 11.5 Å². The second-order valence-electron chi connectivity index (χ2n) is 5.48. The maximum atomic E-state index is 12.4. The molecule has 1 aromatic heterocycles. The standard InChI is InChI=1S/C16H18N4O5/c1-23-9-4-7(5-10(24-2)13(9)25-3)8-6-11(21)18-14-12(8)15(22)20-16(17)19-14/h4-5,8H,6H2,1-3H3,(H4,17,18,19,20,21,22)/t8-/m1/s1. The molecule has 1 aliphatic heterocycles. The highest BCUT2D eigenvalue weighted by Crippen LogP contribution is 2.43. The summed E-state index contributed by atoms with van der Waals surface area (Å²) in [6.45, 7) is 0. The summed E-state index contributed by atoms with van der Waals surface area (Å²) in [5.74, 6) is 0.621. The molecular weight excluding hydrogens is 328 g/mol. The molecule has 0 unspecified atom stereocenters. The molecule has 0 bridgehead atoms. The number of aromatic nitrogens is 2. The lowest BCUT2D eigenvalue weighted by molar-refractivity contribution is -0.116. The van der Waals surface area contributed by atoms with Gasteiger partial charge in [-0.15, -0.1) is 0 Å². The van der Waals surface area contributed by atoms with Crippen molar-refractivity contribution in [3.8, 4) is 17.2 Å². The zero-order valence-corrected chi connectivity index (χ0v) is 14.0. The maximum Gasteiger partial charge on any atom is 0.258 e. The summed E-state index contributed by atoms with van der Waals surface area (Å²) in [4.78, 5) is 31.0.